The van der Waals surface area contributed by atoms with Gasteiger partial charge in [-0.1, -0.05) is 33.1 Å². The average molecular weight is 284 g/mol. The van der Waals surface area contributed by atoms with Crippen molar-refractivity contribution >= 4 is 23.5 Å². The summed E-state index contributed by atoms with van der Waals surface area (Å²) in [5, 5.41) is 0.866. The highest BCUT2D eigenvalue weighted by Crippen LogP contribution is 2.53. The molecule has 0 saturated carbocycles. The zero-order valence-electron chi connectivity index (χ0n) is 11.5. The normalized spacial score (nSPS) is 27.8. The highest BCUT2D eigenvalue weighted by Gasteiger charge is 2.39. The van der Waals surface area contributed by atoms with Crippen LogP contribution in [0.15, 0.2) is 18.7 Å². The Morgan fingerprint density at radius 3 is 2.94 bits per heavy atom. The monoisotopic (exact) mass is 284 g/mol. The summed E-state index contributed by atoms with van der Waals surface area (Å²) in [4.78, 5) is 4.17. The van der Waals surface area contributed by atoms with E-state index in [0.29, 0.717) is 4.08 Å². The smallest absolute Gasteiger partial charge is 0.0946 e. The van der Waals surface area contributed by atoms with Gasteiger partial charge in [0, 0.05) is 29.9 Å². The Kier molecular flexibility index (Phi) is 5.49. The van der Waals surface area contributed by atoms with Gasteiger partial charge >= 0.3 is 0 Å². The van der Waals surface area contributed by atoms with Gasteiger partial charge in [-0.3, -0.25) is 0 Å². The lowest BCUT2D eigenvalue weighted by atomic mass is 10.2. The fourth-order valence-electron chi connectivity index (χ4n) is 2.52. The Morgan fingerprint density at radius 1 is 1.39 bits per heavy atom. The van der Waals surface area contributed by atoms with E-state index in [0.717, 1.165) is 11.8 Å². The van der Waals surface area contributed by atoms with E-state index in [1.807, 2.05) is 12.5 Å². The van der Waals surface area contributed by atoms with Crippen molar-refractivity contribution in [1.82, 2.24) is 9.55 Å². The van der Waals surface area contributed by atoms with Gasteiger partial charge in [0.2, 0.25) is 0 Å². The molecule has 18 heavy (non-hydrogen) atoms. The second-order valence-corrected chi connectivity index (χ2v) is 8.43. The van der Waals surface area contributed by atoms with Gasteiger partial charge in [-0.15, -0.1) is 23.5 Å². The first-order valence-corrected chi connectivity index (χ1v) is 8.92. The molecule has 0 aliphatic carbocycles. The lowest BCUT2D eigenvalue weighted by Gasteiger charge is -2.28. The van der Waals surface area contributed by atoms with Gasteiger partial charge < -0.3 is 4.57 Å². The summed E-state index contributed by atoms with van der Waals surface area (Å²) in [5.41, 5.74) is 0. The molecule has 2 rings (SSSR count). The molecule has 0 N–H and O–H groups in total. The Bertz CT molecular complexity index is 340. The van der Waals surface area contributed by atoms with Gasteiger partial charge in [0.25, 0.3) is 0 Å². The van der Waals surface area contributed by atoms with Crippen molar-refractivity contribution in [3.05, 3.63) is 18.7 Å². The third-order valence-corrected chi connectivity index (χ3v) is 7.19. The van der Waals surface area contributed by atoms with E-state index < -0.39 is 0 Å². The van der Waals surface area contributed by atoms with Crippen LogP contribution >= 0.6 is 23.5 Å². The van der Waals surface area contributed by atoms with Gasteiger partial charge in [0.15, 0.2) is 0 Å². The highest BCUT2D eigenvalue weighted by molar-refractivity contribution is 8.21. The molecule has 102 valence electrons. The number of imidazole rings is 1. The number of hydrogen-bond acceptors (Lipinski definition) is 3. The third kappa shape index (κ3) is 3.70. The van der Waals surface area contributed by atoms with Gasteiger partial charge in [-0.05, 0) is 12.8 Å². The maximum Gasteiger partial charge on any atom is 0.0946 e. The lowest BCUT2D eigenvalue weighted by Crippen LogP contribution is -2.24. The lowest BCUT2D eigenvalue weighted by molar-refractivity contribution is 0.584. The standard InChI is InChI=1S/C14H24N2S2/c1-3-5-6-13-10-17-14(18-13,7-4-2)11-16-9-8-15-12-16/h8-9,12-13H,3-7,10-11H2,1-2H3. The third-order valence-electron chi connectivity index (χ3n) is 3.41. The van der Waals surface area contributed by atoms with Gasteiger partial charge in [-0.25, -0.2) is 4.98 Å². The Hall–Kier alpha value is -0.0900. The van der Waals surface area contributed by atoms with Gasteiger partial charge in [0.05, 0.1) is 10.4 Å². The van der Waals surface area contributed by atoms with Crippen molar-refractivity contribution in [3.63, 3.8) is 0 Å². The minimum atomic E-state index is 0.397. The largest absolute Gasteiger partial charge is 0.335 e. The molecule has 2 unspecified atom stereocenters. The molecule has 2 atom stereocenters. The second kappa shape index (κ2) is 6.90. The van der Waals surface area contributed by atoms with Crippen molar-refractivity contribution in [2.75, 3.05) is 5.75 Å². The van der Waals surface area contributed by atoms with Crippen LogP contribution in [0.1, 0.15) is 46.0 Å². The SMILES string of the molecule is CCCCC1CSC(CCC)(Cn2ccnc2)S1. The number of unbranched alkanes of at least 4 members (excludes halogenated alkanes) is 1. The molecule has 0 bridgehead atoms. The summed E-state index contributed by atoms with van der Waals surface area (Å²) in [7, 11) is 0. The minimum Gasteiger partial charge on any atom is -0.335 e. The summed E-state index contributed by atoms with van der Waals surface area (Å²) < 4.78 is 2.64. The van der Waals surface area contributed by atoms with Crippen LogP contribution in [0, 0.1) is 0 Å². The van der Waals surface area contributed by atoms with Crippen LogP contribution < -0.4 is 0 Å². The van der Waals surface area contributed by atoms with Crippen molar-refractivity contribution in [1.29, 1.82) is 0 Å². The van der Waals surface area contributed by atoms with Crippen LogP contribution in [0.25, 0.3) is 0 Å². The number of nitrogens with zero attached hydrogens (tertiary/aromatic N) is 2. The van der Waals surface area contributed by atoms with E-state index in [1.165, 1.54) is 37.9 Å². The van der Waals surface area contributed by atoms with Crippen LogP contribution in [0.3, 0.4) is 0 Å². The van der Waals surface area contributed by atoms with Crippen LogP contribution in [0.5, 0.6) is 0 Å². The molecule has 0 aromatic carbocycles. The molecular formula is C14H24N2S2. The molecule has 1 fully saturated rings. The molecule has 0 radical (unpaired) electrons. The molecule has 0 spiro atoms. The van der Waals surface area contributed by atoms with Crippen molar-refractivity contribution in [2.45, 2.75) is 61.8 Å². The fourth-order valence-corrected chi connectivity index (χ4v) is 6.57. The van der Waals surface area contributed by atoms with Crippen molar-refractivity contribution in [3.8, 4) is 0 Å². The minimum absolute atomic E-state index is 0.397. The first-order valence-electron chi connectivity index (χ1n) is 7.05. The molecule has 2 heterocycles. The zero-order chi connectivity index (χ0) is 12.8. The molecule has 1 aliphatic rings. The van der Waals surface area contributed by atoms with E-state index in [1.54, 1.807) is 0 Å². The molecule has 1 saturated heterocycles. The van der Waals surface area contributed by atoms with Crippen LogP contribution in [0.4, 0.5) is 0 Å². The van der Waals surface area contributed by atoms with E-state index in [4.69, 9.17) is 0 Å². The zero-order valence-corrected chi connectivity index (χ0v) is 13.1. The average Bonchev–Trinajstić information content (AvgIpc) is 2.98. The predicted molar refractivity (Wildman–Crippen MR) is 83.2 cm³/mol. The van der Waals surface area contributed by atoms with Gasteiger partial charge in [0.1, 0.15) is 0 Å². The summed E-state index contributed by atoms with van der Waals surface area (Å²) in [5.74, 6) is 1.33. The van der Waals surface area contributed by atoms with Crippen LogP contribution in [0.2, 0.25) is 0 Å². The van der Waals surface area contributed by atoms with Gasteiger partial charge in [-0.2, -0.15) is 0 Å². The maximum atomic E-state index is 4.17. The first kappa shape index (κ1) is 14.3. The molecule has 2 nitrogen and oxygen atoms in total. The van der Waals surface area contributed by atoms with Crippen LogP contribution in [-0.2, 0) is 6.54 Å². The summed E-state index contributed by atoms with van der Waals surface area (Å²) >= 11 is 4.42. The Balaban J connectivity index is 1.95. The van der Waals surface area contributed by atoms with Crippen molar-refractivity contribution in [2.24, 2.45) is 0 Å². The van der Waals surface area contributed by atoms with E-state index in [2.05, 4.69) is 53.1 Å². The molecular weight excluding hydrogens is 260 g/mol. The maximum absolute atomic E-state index is 4.17. The first-order chi connectivity index (χ1) is 8.78. The summed E-state index contributed by atoms with van der Waals surface area (Å²) in [6.07, 6.45) is 12.6. The quantitative estimate of drug-likeness (QED) is 0.738. The Labute approximate surface area is 119 Å². The number of aromatic nitrogens is 2. The molecule has 1 aromatic heterocycles. The predicted octanol–water partition coefficient (Wildman–Crippen LogP) is 4.42. The second-order valence-electron chi connectivity index (χ2n) is 5.09. The van der Waals surface area contributed by atoms with Crippen molar-refractivity contribution < 1.29 is 0 Å². The topological polar surface area (TPSA) is 17.8 Å². The number of rotatable bonds is 7. The highest BCUT2D eigenvalue weighted by atomic mass is 32.2. The summed E-state index contributed by atoms with van der Waals surface area (Å²) in [6.45, 7) is 5.70. The molecule has 1 aromatic rings. The van der Waals surface area contributed by atoms with Crippen LogP contribution in [-0.4, -0.2) is 24.6 Å². The number of thioether (sulfide) groups is 2. The molecule has 0 amide bonds. The van der Waals surface area contributed by atoms with E-state index >= 15 is 0 Å². The molecule has 1 aliphatic heterocycles. The molecule has 4 heteroatoms. The fraction of sp³-hybridized carbons (Fsp3) is 0.786. The summed E-state index contributed by atoms with van der Waals surface area (Å²) in [6, 6.07) is 0. The number of hydrogen-bond donors (Lipinski definition) is 0. The Morgan fingerprint density at radius 2 is 2.28 bits per heavy atom. The van der Waals surface area contributed by atoms with E-state index in [-0.39, 0.29) is 0 Å². The van der Waals surface area contributed by atoms with E-state index in [9.17, 15) is 0 Å².